The Balaban J connectivity index is 2.03. The molecule has 0 unspecified atom stereocenters. The van der Waals surface area contributed by atoms with Crippen LogP contribution in [0, 0.1) is 0 Å². The third-order valence-corrected chi connectivity index (χ3v) is 4.18. The van der Waals surface area contributed by atoms with Crippen molar-refractivity contribution in [3.63, 3.8) is 0 Å². The van der Waals surface area contributed by atoms with E-state index in [0.717, 1.165) is 30.4 Å². The number of nitrogens with zero attached hydrogens (tertiary/aromatic N) is 3. The van der Waals surface area contributed by atoms with Crippen LogP contribution in [0.3, 0.4) is 0 Å². The predicted octanol–water partition coefficient (Wildman–Crippen LogP) is 3.50. The monoisotopic (exact) mass is 370 g/mol. The number of urea groups is 1. The third-order valence-electron chi connectivity index (χ3n) is 4.18. The number of aryl methyl sites for hydroxylation is 1. The maximum Gasteiger partial charge on any atom is 0.324 e. The van der Waals surface area contributed by atoms with Crippen molar-refractivity contribution >= 4 is 17.9 Å². The standard InChI is InChI=1S/C20H26N4O3/c1-3-4-5-13-22-20(27)24(2)19-21-14-12-17(23-19)16-9-6-15(7-10-16)8-11-18(25)26/h6-7,9-10,12,14H,3-5,8,11,13H2,1-2H3,(H,22,27)(H,25,26). The van der Waals surface area contributed by atoms with E-state index in [1.165, 1.54) is 4.90 Å². The molecule has 0 saturated heterocycles. The van der Waals surface area contributed by atoms with E-state index in [0.29, 0.717) is 24.6 Å². The van der Waals surface area contributed by atoms with Gasteiger partial charge in [0.1, 0.15) is 0 Å². The quantitative estimate of drug-likeness (QED) is 0.659. The summed E-state index contributed by atoms with van der Waals surface area (Å²) in [4.78, 5) is 32.9. The first-order valence-electron chi connectivity index (χ1n) is 9.17. The minimum absolute atomic E-state index is 0.106. The zero-order valence-electron chi connectivity index (χ0n) is 15.8. The fraction of sp³-hybridized carbons (Fsp3) is 0.400. The molecule has 1 heterocycles. The smallest absolute Gasteiger partial charge is 0.324 e. The van der Waals surface area contributed by atoms with Gasteiger partial charge in [-0.1, -0.05) is 44.0 Å². The summed E-state index contributed by atoms with van der Waals surface area (Å²) in [5.74, 6) is -0.481. The molecule has 2 N–H and O–H groups in total. The van der Waals surface area contributed by atoms with Gasteiger partial charge < -0.3 is 10.4 Å². The molecule has 2 amide bonds. The van der Waals surface area contributed by atoms with Crippen molar-refractivity contribution in [3.05, 3.63) is 42.1 Å². The van der Waals surface area contributed by atoms with Crippen molar-refractivity contribution in [1.29, 1.82) is 0 Å². The minimum atomic E-state index is -0.810. The second kappa shape index (κ2) is 10.3. The van der Waals surface area contributed by atoms with E-state index >= 15 is 0 Å². The van der Waals surface area contributed by atoms with E-state index in [9.17, 15) is 9.59 Å². The number of hydrogen-bond donors (Lipinski definition) is 2. The van der Waals surface area contributed by atoms with Crippen LogP contribution in [0.5, 0.6) is 0 Å². The highest BCUT2D eigenvalue weighted by molar-refractivity contribution is 5.89. The van der Waals surface area contributed by atoms with Crippen LogP contribution >= 0.6 is 0 Å². The maximum absolute atomic E-state index is 12.2. The van der Waals surface area contributed by atoms with E-state index in [2.05, 4.69) is 22.2 Å². The van der Waals surface area contributed by atoms with Crippen LogP contribution in [0.25, 0.3) is 11.3 Å². The molecule has 27 heavy (non-hydrogen) atoms. The van der Waals surface area contributed by atoms with Gasteiger partial charge in [-0.15, -0.1) is 0 Å². The van der Waals surface area contributed by atoms with E-state index < -0.39 is 5.97 Å². The lowest BCUT2D eigenvalue weighted by Crippen LogP contribution is -2.38. The van der Waals surface area contributed by atoms with E-state index in [1.807, 2.05) is 24.3 Å². The molecule has 1 aromatic carbocycles. The van der Waals surface area contributed by atoms with Crippen molar-refractivity contribution in [3.8, 4) is 11.3 Å². The van der Waals surface area contributed by atoms with Crippen LogP contribution in [0.4, 0.5) is 10.7 Å². The fourth-order valence-corrected chi connectivity index (χ4v) is 2.54. The highest BCUT2D eigenvalue weighted by Crippen LogP contribution is 2.20. The van der Waals surface area contributed by atoms with Crippen LogP contribution in [-0.2, 0) is 11.2 Å². The van der Waals surface area contributed by atoms with Gasteiger partial charge in [-0.25, -0.2) is 14.8 Å². The number of carboxylic acids is 1. The molecule has 0 aliphatic carbocycles. The molecule has 2 aromatic rings. The number of rotatable bonds is 9. The molecule has 2 rings (SSSR count). The van der Waals surface area contributed by atoms with Crippen LogP contribution in [0.1, 0.15) is 38.2 Å². The second-order valence-corrected chi connectivity index (χ2v) is 6.33. The van der Waals surface area contributed by atoms with E-state index in [-0.39, 0.29) is 12.5 Å². The fourth-order valence-electron chi connectivity index (χ4n) is 2.54. The Bertz CT molecular complexity index is 762. The van der Waals surface area contributed by atoms with E-state index in [1.54, 1.807) is 19.3 Å². The van der Waals surface area contributed by atoms with Crippen molar-refractivity contribution < 1.29 is 14.7 Å². The van der Waals surface area contributed by atoms with Gasteiger partial charge in [0.2, 0.25) is 5.95 Å². The summed E-state index contributed by atoms with van der Waals surface area (Å²) in [5, 5.41) is 11.6. The van der Waals surface area contributed by atoms with Crippen molar-refractivity contribution in [2.75, 3.05) is 18.5 Å². The summed E-state index contributed by atoms with van der Waals surface area (Å²) in [5.41, 5.74) is 2.55. The normalized spacial score (nSPS) is 10.4. The summed E-state index contributed by atoms with van der Waals surface area (Å²) in [6.45, 7) is 2.75. The number of aliphatic carboxylic acids is 1. The molecular weight excluding hydrogens is 344 g/mol. The largest absolute Gasteiger partial charge is 0.481 e. The Morgan fingerprint density at radius 2 is 1.89 bits per heavy atom. The second-order valence-electron chi connectivity index (χ2n) is 6.33. The number of aromatic nitrogens is 2. The summed E-state index contributed by atoms with van der Waals surface area (Å²) in [7, 11) is 1.64. The lowest BCUT2D eigenvalue weighted by molar-refractivity contribution is -0.136. The van der Waals surface area contributed by atoms with Crippen molar-refractivity contribution in [1.82, 2.24) is 15.3 Å². The van der Waals surface area contributed by atoms with E-state index in [4.69, 9.17) is 5.11 Å². The average molecular weight is 370 g/mol. The topological polar surface area (TPSA) is 95.4 Å². The van der Waals surface area contributed by atoms with Gasteiger partial charge in [-0.05, 0) is 24.5 Å². The first kappa shape index (κ1) is 20.4. The predicted molar refractivity (Wildman–Crippen MR) is 105 cm³/mol. The van der Waals surface area contributed by atoms with Gasteiger partial charge >= 0.3 is 12.0 Å². The van der Waals surface area contributed by atoms with Gasteiger partial charge in [-0.3, -0.25) is 9.69 Å². The highest BCUT2D eigenvalue weighted by Gasteiger charge is 2.13. The number of nitrogens with one attached hydrogen (secondary N) is 1. The summed E-state index contributed by atoms with van der Waals surface area (Å²) >= 11 is 0. The highest BCUT2D eigenvalue weighted by atomic mass is 16.4. The van der Waals surface area contributed by atoms with Gasteiger partial charge in [0, 0.05) is 31.8 Å². The average Bonchev–Trinajstić information content (AvgIpc) is 2.69. The molecule has 0 aliphatic heterocycles. The Kier molecular flexibility index (Phi) is 7.73. The number of unbranched alkanes of at least 4 members (excludes halogenated alkanes) is 2. The zero-order valence-corrected chi connectivity index (χ0v) is 15.8. The Morgan fingerprint density at radius 3 is 2.56 bits per heavy atom. The van der Waals surface area contributed by atoms with Crippen LogP contribution in [-0.4, -0.2) is 40.7 Å². The molecule has 0 atom stereocenters. The van der Waals surface area contributed by atoms with Crippen LogP contribution in [0.2, 0.25) is 0 Å². The molecule has 0 fully saturated rings. The molecule has 7 nitrogen and oxygen atoms in total. The summed E-state index contributed by atoms with van der Waals surface area (Å²) in [6.07, 6.45) is 5.35. The molecule has 0 saturated carbocycles. The third kappa shape index (κ3) is 6.36. The summed E-state index contributed by atoms with van der Waals surface area (Å²) in [6, 6.07) is 9.13. The molecular formula is C20H26N4O3. The molecule has 0 spiro atoms. The number of hydrogen-bond acceptors (Lipinski definition) is 4. The lowest BCUT2D eigenvalue weighted by atomic mass is 10.1. The molecule has 0 radical (unpaired) electrons. The number of anilines is 1. The molecule has 7 heteroatoms. The number of benzene rings is 1. The van der Waals surface area contributed by atoms with Crippen molar-refractivity contribution in [2.45, 2.75) is 39.0 Å². The number of carboxylic acid groups (broad SMARTS) is 1. The number of carbonyl (C=O) groups is 2. The SMILES string of the molecule is CCCCCNC(=O)N(C)c1nccc(-c2ccc(CCC(=O)O)cc2)n1. The Hall–Kier alpha value is -2.96. The van der Waals surface area contributed by atoms with Gasteiger partial charge in [0.15, 0.2) is 0 Å². The van der Waals surface area contributed by atoms with Crippen molar-refractivity contribution in [2.24, 2.45) is 0 Å². The maximum atomic E-state index is 12.2. The Morgan fingerprint density at radius 1 is 1.15 bits per heavy atom. The minimum Gasteiger partial charge on any atom is -0.481 e. The van der Waals surface area contributed by atoms with Gasteiger partial charge in [-0.2, -0.15) is 0 Å². The van der Waals surface area contributed by atoms with Crippen LogP contribution < -0.4 is 10.2 Å². The lowest BCUT2D eigenvalue weighted by Gasteiger charge is -2.16. The first-order chi connectivity index (χ1) is 13.0. The molecule has 144 valence electrons. The molecule has 0 aliphatic rings. The number of amides is 2. The number of carbonyl (C=O) groups excluding carboxylic acids is 1. The van der Waals surface area contributed by atoms with Gasteiger partial charge in [0.05, 0.1) is 5.69 Å². The van der Waals surface area contributed by atoms with Crippen LogP contribution in [0.15, 0.2) is 36.5 Å². The molecule has 0 bridgehead atoms. The molecule has 1 aromatic heterocycles. The van der Waals surface area contributed by atoms with Gasteiger partial charge in [0.25, 0.3) is 0 Å². The Labute approximate surface area is 159 Å². The first-order valence-corrected chi connectivity index (χ1v) is 9.17. The summed E-state index contributed by atoms with van der Waals surface area (Å²) < 4.78 is 0. The zero-order chi connectivity index (χ0) is 19.6.